The van der Waals surface area contributed by atoms with Gasteiger partial charge in [-0.3, -0.25) is 4.79 Å². The summed E-state index contributed by atoms with van der Waals surface area (Å²) >= 11 is 5.87. The maximum Gasteiger partial charge on any atom is 0.231 e. The second-order valence-electron chi connectivity index (χ2n) is 8.04. The number of fused-ring (bicyclic) bond motifs is 1. The number of amides is 1. The Hall–Kier alpha value is -3.14. The van der Waals surface area contributed by atoms with Gasteiger partial charge < -0.3 is 21.3 Å². The quantitative estimate of drug-likeness (QED) is 0.489. The SMILES string of the molecule is C[C@]1(C(N)=O)COc2c1cc([C@@](O)(CN)c1cccc(F)c1)nc2-c1cc(Cl)c(F)cc1F. The maximum absolute atomic E-state index is 14.8. The van der Waals surface area contributed by atoms with Gasteiger partial charge in [0.25, 0.3) is 0 Å². The molecule has 1 aromatic heterocycles. The van der Waals surface area contributed by atoms with Crippen LogP contribution in [0.1, 0.15) is 23.7 Å². The molecule has 172 valence electrons. The fourth-order valence-corrected chi connectivity index (χ4v) is 3.97. The van der Waals surface area contributed by atoms with Crippen molar-refractivity contribution in [3.63, 3.8) is 0 Å². The Balaban J connectivity index is 2.06. The molecule has 33 heavy (non-hydrogen) atoms. The Labute approximate surface area is 191 Å². The Morgan fingerprint density at radius 3 is 2.61 bits per heavy atom. The van der Waals surface area contributed by atoms with E-state index in [9.17, 15) is 23.1 Å². The molecule has 1 amide bonds. The number of pyridine rings is 1. The molecule has 1 aliphatic heterocycles. The number of nitrogens with two attached hydrogens (primary N) is 2. The molecular weight excluding hydrogens is 459 g/mol. The summed E-state index contributed by atoms with van der Waals surface area (Å²) in [5, 5.41) is 11.1. The largest absolute Gasteiger partial charge is 0.489 e. The van der Waals surface area contributed by atoms with Gasteiger partial charge in [0.15, 0.2) is 0 Å². The number of primary amides is 1. The van der Waals surface area contributed by atoms with Crippen LogP contribution in [0.25, 0.3) is 11.3 Å². The molecule has 6 nitrogen and oxygen atoms in total. The van der Waals surface area contributed by atoms with Crippen LogP contribution in [-0.2, 0) is 15.8 Å². The minimum atomic E-state index is -2.02. The zero-order valence-electron chi connectivity index (χ0n) is 17.3. The van der Waals surface area contributed by atoms with Crippen LogP contribution in [0.5, 0.6) is 5.75 Å². The van der Waals surface area contributed by atoms with Gasteiger partial charge in [-0.2, -0.15) is 0 Å². The van der Waals surface area contributed by atoms with Crippen molar-refractivity contribution < 1.29 is 27.8 Å². The first-order valence-corrected chi connectivity index (χ1v) is 10.2. The van der Waals surface area contributed by atoms with E-state index in [2.05, 4.69) is 4.98 Å². The first-order valence-electron chi connectivity index (χ1n) is 9.83. The van der Waals surface area contributed by atoms with Crippen LogP contribution in [-0.4, -0.2) is 29.1 Å². The van der Waals surface area contributed by atoms with E-state index in [1.807, 2.05) is 0 Å². The molecule has 10 heteroatoms. The van der Waals surface area contributed by atoms with E-state index >= 15 is 0 Å². The number of nitrogens with zero attached hydrogens (tertiary/aromatic N) is 1. The number of hydrogen-bond acceptors (Lipinski definition) is 5. The van der Waals surface area contributed by atoms with Gasteiger partial charge in [-0.25, -0.2) is 18.2 Å². The lowest BCUT2D eigenvalue weighted by Crippen LogP contribution is -2.41. The number of aromatic nitrogens is 1. The Bertz CT molecular complexity index is 1290. The first-order chi connectivity index (χ1) is 15.5. The van der Waals surface area contributed by atoms with Crippen molar-refractivity contribution in [1.29, 1.82) is 0 Å². The minimum Gasteiger partial charge on any atom is -0.489 e. The molecule has 5 N–H and O–H groups in total. The van der Waals surface area contributed by atoms with Crippen molar-refractivity contribution in [1.82, 2.24) is 4.98 Å². The van der Waals surface area contributed by atoms with E-state index in [1.165, 1.54) is 31.2 Å². The van der Waals surface area contributed by atoms with E-state index in [0.29, 0.717) is 6.07 Å². The average Bonchev–Trinajstić information content (AvgIpc) is 3.13. The number of hydrogen-bond donors (Lipinski definition) is 3. The molecule has 2 heterocycles. The second kappa shape index (κ2) is 8.02. The average molecular weight is 478 g/mol. The smallest absolute Gasteiger partial charge is 0.231 e. The van der Waals surface area contributed by atoms with E-state index in [-0.39, 0.29) is 45.5 Å². The first kappa shape index (κ1) is 23.0. The van der Waals surface area contributed by atoms with Crippen molar-refractivity contribution in [2.24, 2.45) is 11.5 Å². The molecule has 4 rings (SSSR count). The zero-order valence-corrected chi connectivity index (χ0v) is 18.1. The van der Waals surface area contributed by atoms with E-state index in [4.69, 9.17) is 27.8 Å². The molecule has 1 aliphatic rings. The summed E-state index contributed by atoms with van der Waals surface area (Å²) in [7, 11) is 0. The summed E-state index contributed by atoms with van der Waals surface area (Å²) in [6.45, 7) is 0.919. The molecule has 0 bridgehead atoms. The van der Waals surface area contributed by atoms with Crippen molar-refractivity contribution in [2.75, 3.05) is 13.2 Å². The third-order valence-corrected chi connectivity index (χ3v) is 6.19. The molecule has 0 spiro atoms. The normalized spacial score (nSPS) is 19.0. The third kappa shape index (κ3) is 3.62. The molecule has 0 aliphatic carbocycles. The van der Waals surface area contributed by atoms with Crippen molar-refractivity contribution in [3.8, 4) is 17.0 Å². The van der Waals surface area contributed by atoms with Crippen molar-refractivity contribution in [2.45, 2.75) is 17.9 Å². The lowest BCUT2D eigenvalue weighted by atomic mass is 9.81. The fourth-order valence-electron chi connectivity index (χ4n) is 3.80. The zero-order chi connectivity index (χ0) is 24.1. The Morgan fingerprint density at radius 1 is 1.24 bits per heavy atom. The van der Waals surface area contributed by atoms with Crippen LogP contribution in [0.15, 0.2) is 42.5 Å². The summed E-state index contributed by atoms with van der Waals surface area (Å²) < 4.78 is 48.2. The van der Waals surface area contributed by atoms with Gasteiger partial charge in [-0.15, -0.1) is 0 Å². The molecule has 0 saturated carbocycles. The molecular formula is C23H19ClF3N3O3. The van der Waals surface area contributed by atoms with Crippen molar-refractivity contribution in [3.05, 3.63) is 81.8 Å². The Kier molecular flexibility index (Phi) is 5.60. The molecule has 3 aromatic rings. The van der Waals surface area contributed by atoms with Gasteiger partial charge >= 0.3 is 0 Å². The number of carbonyl (C=O) groups excluding carboxylic acids is 1. The van der Waals surface area contributed by atoms with E-state index < -0.39 is 40.9 Å². The molecule has 0 saturated heterocycles. The summed E-state index contributed by atoms with van der Waals surface area (Å²) in [6, 6.07) is 8.08. The van der Waals surface area contributed by atoms with Gasteiger partial charge in [0, 0.05) is 23.7 Å². The van der Waals surface area contributed by atoms with Crippen LogP contribution >= 0.6 is 11.6 Å². The van der Waals surface area contributed by atoms with Gasteiger partial charge in [-0.1, -0.05) is 23.7 Å². The van der Waals surface area contributed by atoms with Gasteiger partial charge in [-0.05, 0) is 36.8 Å². The van der Waals surface area contributed by atoms with E-state index in [1.54, 1.807) is 0 Å². The molecule has 0 fully saturated rings. The minimum absolute atomic E-state index is 0.0280. The lowest BCUT2D eigenvalue weighted by Gasteiger charge is -2.29. The number of ether oxygens (including phenoxy) is 1. The monoisotopic (exact) mass is 477 g/mol. The van der Waals surface area contributed by atoms with Gasteiger partial charge in [0.05, 0.1) is 10.7 Å². The highest BCUT2D eigenvalue weighted by Gasteiger charge is 2.46. The highest BCUT2D eigenvalue weighted by Crippen LogP contribution is 2.47. The second-order valence-corrected chi connectivity index (χ2v) is 8.45. The van der Waals surface area contributed by atoms with Crippen LogP contribution in [0.3, 0.4) is 0 Å². The topological polar surface area (TPSA) is 111 Å². The molecule has 0 unspecified atom stereocenters. The van der Waals surface area contributed by atoms with Crippen LogP contribution in [0.2, 0.25) is 5.02 Å². The maximum atomic E-state index is 14.8. The van der Waals surface area contributed by atoms with E-state index in [0.717, 1.165) is 12.1 Å². The molecule has 2 atom stereocenters. The van der Waals surface area contributed by atoms with Crippen molar-refractivity contribution >= 4 is 17.5 Å². The number of halogens is 4. The highest BCUT2D eigenvalue weighted by atomic mass is 35.5. The predicted molar refractivity (Wildman–Crippen MR) is 115 cm³/mol. The Morgan fingerprint density at radius 2 is 1.97 bits per heavy atom. The molecule has 2 aromatic carbocycles. The number of rotatable bonds is 5. The standard InChI is InChI=1S/C23H19ClF3N3O3/c1-22(21(29)31)10-33-20-14(22)7-18(23(32,9-28)11-3-2-4-12(25)5-11)30-19(20)13-6-15(24)17(27)8-16(13)26/h2-8,32H,9-10,28H2,1H3,(H2,29,31)/t22-,23+/m0/s1. The number of carbonyl (C=O) groups is 1. The summed E-state index contributed by atoms with van der Waals surface area (Å²) in [5.74, 6) is -3.31. The van der Waals surface area contributed by atoms with Crippen LogP contribution in [0.4, 0.5) is 13.2 Å². The van der Waals surface area contributed by atoms with Gasteiger partial charge in [0.1, 0.15) is 46.5 Å². The fraction of sp³-hybridized carbons (Fsp3) is 0.217. The third-order valence-electron chi connectivity index (χ3n) is 5.90. The molecule has 0 radical (unpaired) electrons. The van der Waals surface area contributed by atoms with Crippen LogP contribution < -0.4 is 16.2 Å². The summed E-state index contributed by atoms with van der Waals surface area (Å²) in [6.07, 6.45) is 0. The summed E-state index contributed by atoms with van der Waals surface area (Å²) in [5.41, 5.74) is 7.94. The highest BCUT2D eigenvalue weighted by molar-refractivity contribution is 6.31. The lowest BCUT2D eigenvalue weighted by molar-refractivity contribution is -0.123. The van der Waals surface area contributed by atoms with Gasteiger partial charge in [0.2, 0.25) is 5.91 Å². The summed E-state index contributed by atoms with van der Waals surface area (Å²) in [4.78, 5) is 16.7. The number of benzene rings is 2. The number of aliphatic hydroxyl groups is 1. The van der Waals surface area contributed by atoms with Crippen LogP contribution in [0, 0.1) is 17.5 Å². The predicted octanol–water partition coefficient (Wildman–Crippen LogP) is 3.15.